The van der Waals surface area contributed by atoms with Gasteiger partial charge in [-0.1, -0.05) is 42.5 Å². The van der Waals surface area contributed by atoms with Crippen LogP contribution in [0.3, 0.4) is 0 Å². The number of nitrogens with one attached hydrogen (secondary N) is 1. The first kappa shape index (κ1) is 15.4. The van der Waals surface area contributed by atoms with Crippen molar-refractivity contribution in [2.75, 3.05) is 20.8 Å². The molecule has 0 aliphatic carbocycles. The zero-order valence-electron chi connectivity index (χ0n) is 12.4. The van der Waals surface area contributed by atoms with E-state index < -0.39 is 6.10 Å². The second kappa shape index (κ2) is 7.67. The minimum atomic E-state index is -0.525. The highest BCUT2D eigenvalue weighted by Crippen LogP contribution is 2.30. The van der Waals surface area contributed by atoms with Crippen molar-refractivity contribution in [2.24, 2.45) is 0 Å². The summed E-state index contributed by atoms with van der Waals surface area (Å²) in [6, 6.07) is 15.4. The summed E-state index contributed by atoms with van der Waals surface area (Å²) in [5, 5.41) is 13.3. The van der Waals surface area contributed by atoms with Gasteiger partial charge in [-0.15, -0.1) is 0 Å². The average Bonchev–Trinajstić information content (AvgIpc) is 2.55. The molecule has 0 saturated heterocycles. The molecule has 112 valence electrons. The van der Waals surface area contributed by atoms with Gasteiger partial charge in [0.1, 0.15) is 0 Å². The van der Waals surface area contributed by atoms with Gasteiger partial charge in [0.05, 0.1) is 20.3 Å². The Hall–Kier alpha value is -2.04. The maximum absolute atomic E-state index is 10.1. The highest BCUT2D eigenvalue weighted by atomic mass is 16.5. The molecule has 2 N–H and O–H groups in total. The van der Waals surface area contributed by atoms with Gasteiger partial charge in [0, 0.05) is 18.7 Å². The number of para-hydroxylation sites is 1. The van der Waals surface area contributed by atoms with Crippen LogP contribution in [0.25, 0.3) is 0 Å². The van der Waals surface area contributed by atoms with Gasteiger partial charge in [0.25, 0.3) is 0 Å². The second-order valence-electron chi connectivity index (χ2n) is 4.71. The van der Waals surface area contributed by atoms with E-state index in [1.807, 2.05) is 48.5 Å². The molecule has 0 heterocycles. The quantitative estimate of drug-likeness (QED) is 0.821. The predicted octanol–water partition coefficient (Wildman–Crippen LogP) is 2.53. The number of aliphatic hydroxyl groups excluding tert-OH is 1. The molecule has 0 aliphatic heterocycles. The lowest BCUT2D eigenvalue weighted by atomic mass is 10.1. The van der Waals surface area contributed by atoms with Gasteiger partial charge < -0.3 is 19.9 Å². The highest BCUT2D eigenvalue weighted by Gasteiger charge is 2.10. The molecule has 0 aliphatic rings. The zero-order valence-corrected chi connectivity index (χ0v) is 12.4. The van der Waals surface area contributed by atoms with Gasteiger partial charge in [-0.25, -0.2) is 0 Å². The number of benzene rings is 2. The molecule has 2 rings (SSSR count). The Labute approximate surface area is 125 Å². The zero-order chi connectivity index (χ0) is 15.1. The standard InChI is InChI=1S/C17H21NO3/c1-20-16-10-6-9-14(17(16)21-2)11-18-12-15(19)13-7-4-3-5-8-13/h3-10,15,18-19H,11-12H2,1-2H3/t15-/m1/s1. The fourth-order valence-corrected chi connectivity index (χ4v) is 2.23. The SMILES string of the molecule is COc1cccc(CNC[C@@H](O)c2ccccc2)c1OC. The first-order valence-corrected chi connectivity index (χ1v) is 6.90. The normalized spacial score (nSPS) is 12.0. The van der Waals surface area contributed by atoms with Gasteiger partial charge in [-0.3, -0.25) is 0 Å². The monoisotopic (exact) mass is 287 g/mol. The largest absolute Gasteiger partial charge is 0.493 e. The highest BCUT2D eigenvalue weighted by molar-refractivity contribution is 5.46. The maximum atomic E-state index is 10.1. The lowest BCUT2D eigenvalue weighted by Gasteiger charge is -2.15. The summed E-state index contributed by atoms with van der Waals surface area (Å²) in [4.78, 5) is 0. The molecule has 0 fully saturated rings. The van der Waals surface area contributed by atoms with Crippen LogP contribution >= 0.6 is 0 Å². The molecule has 0 saturated carbocycles. The van der Waals surface area contributed by atoms with Gasteiger partial charge in [-0.2, -0.15) is 0 Å². The summed E-state index contributed by atoms with van der Waals surface area (Å²) >= 11 is 0. The third kappa shape index (κ3) is 3.97. The Morgan fingerprint density at radius 3 is 2.43 bits per heavy atom. The summed E-state index contributed by atoms with van der Waals surface area (Å²) < 4.78 is 10.7. The summed E-state index contributed by atoms with van der Waals surface area (Å²) in [6.07, 6.45) is -0.525. The lowest BCUT2D eigenvalue weighted by molar-refractivity contribution is 0.174. The average molecular weight is 287 g/mol. The molecule has 2 aromatic carbocycles. The first-order valence-electron chi connectivity index (χ1n) is 6.90. The van der Waals surface area contributed by atoms with E-state index in [0.29, 0.717) is 18.8 Å². The second-order valence-corrected chi connectivity index (χ2v) is 4.71. The maximum Gasteiger partial charge on any atom is 0.165 e. The van der Waals surface area contributed by atoms with Crippen molar-refractivity contribution in [3.8, 4) is 11.5 Å². The topological polar surface area (TPSA) is 50.7 Å². The first-order chi connectivity index (χ1) is 10.3. The number of hydrogen-bond acceptors (Lipinski definition) is 4. The van der Waals surface area contributed by atoms with Gasteiger partial charge in [0.15, 0.2) is 11.5 Å². The molecule has 4 nitrogen and oxygen atoms in total. The third-order valence-corrected chi connectivity index (χ3v) is 3.32. The summed E-state index contributed by atoms with van der Waals surface area (Å²) in [7, 11) is 3.24. The van der Waals surface area contributed by atoms with Crippen molar-refractivity contribution in [1.82, 2.24) is 5.32 Å². The van der Waals surface area contributed by atoms with E-state index in [2.05, 4.69) is 5.32 Å². The van der Waals surface area contributed by atoms with Crippen molar-refractivity contribution < 1.29 is 14.6 Å². The third-order valence-electron chi connectivity index (χ3n) is 3.32. The van der Waals surface area contributed by atoms with E-state index >= 15 is 0 Å². The summed E-state index contributed by atoms with van der Waals surface area (Å²) in [5.41, 5.74) is 1.90. The Bertz CT molecular complexity index is 557. The minimum absolute atomic E-state index is 0.477. The van der Waals surface area contributed by atoms with Crippen LogP contribution in [0.15, 0.2) is 48.5 Å². The molecule has 4 heteroatoms. The molecule has 0 unspecified atom stereocenters. The van der Waals surface area contributed by atoms with E-state index in [-0.39, 0.29) is 0 Å². The fourth-order valence-electron chi connectivity index (χ4n) is 2.23. The summed E-state index contributed by atoms with van der Waals surface area (Å²) in [5.74, 6) is 1.43. The lowest BCUT2D eigenvalue weighted by Crippen LogP contribution is -2.21. The van der Waals surface area contributed by atoms with E-state index in [1.54, 1.807) is 14.2 Å². The Balaban J connectivity index is 1.95. The smallest absolute Gasteiger partial charge is 0.165 e. The number of hydrogen-bond donors (Lipinski definition) is 2. The molecule has 0 radical (unpaired) electrons. The van der Waals surface area contributed by atoms with Crippen molar-refractivity contribution in [3.63, 3.8) is 0 Å². The molecule has 0 bridgehead atoms. The van der Waals surface area contributed by atoms with Crippen LogP contribution in [0.5, 0.6) is 11.5 Å². The molecular weight excluding hydrogens is 266 g/mol. The number of ether oxygens (including phenoxy) is 2. The van der Waals surface area contributed by atoms with Gasteiger partial charge >= 0.3 is 0 Å². The van der Waals surface area contributed by atoms with Crippen molar-refractivity contribution in [1.29, 1.82) is 0 Å². The molecule has 0 spiro atoms. The fraction of sp³-hybridized carbons (Fsp3) is 0.294. The number of aliphatic hydroxyl groups is 1. The van der Waals surface area contributed by atoms with Crippen LogP contribution in [0.4, 0.5) is 0 Å². The van der Waals surface area contributed by atoms with Crippen LogP contribution < -0.4 is 14.8 Å². The van der Waals surface area contributed by atoms with Gasteiger partial charge in [0.2, 0.25) is 0 Å². The molecule has 1 atom stereocenters. The Kier molecular flexibility index (Phi) is 5.60. The van der Waals surface area contributed by atoms with Crippen molar-refractivity contribution in [3.05, 3.63) is 59.7 Å². The van der Waals surface area contributed by atoms with E-state index in [1.165, 1.54) is 0 Å². The number of methoxy groups -OCH3 is 2. The van der Waals surface area contributed by atoms with Crippen LogP contribution in [0, 0.1) is 0 Å². The van der Waals surface area contributed by atoms with Crippen molar-refractivity contribution in [2.45, 2.75) is 12.6 Å². The summed E-state index contributed by atoms with van der Waals surface area (Å²) in [6.45, 7) is 1.08. The molecule has 0 aromatic heterocycles. The molecule has 21 heavy (non-hydrogen) atoms. The number of rotatable bonds is 7. The molecule has 0 amide bonds. The Morgan fingerprint density at radius 2 is 1.76 bits per heavy atom. The van der Waals surface area contributed by atoms with Crippen molar-refractivity contribution >= 4 is 0 Å². The Morgan fingerprint density at radius 1 is 1.00 bits per heavy atom. The molecule has 2 aromatic rings. The van der Waals surface area contributed by atoms with E-state index in [0.717, 1.165) is 16.9 Å². The predicted molar refractivity (Wildman–Crippen MR) is 82.7 cm³/mol. The van der Waals surface area contributed by atoms with Crippen LogP contribution in [0.1, 0.15) is 17.2 Å². The van der Waals surface area contributed by atoms with E-state index in [9.17, 15) is 5.11 Å². The van der Waals surface area contributed by atoms with Crippen LogP contribution in [0.2, 0.25) is 0 Å². The molecular formula is C17H21NO3. The van der Waals surface area contributed by atoms with E-state index in [4.69, 9.17) is 9.47 Å². The van der Waals surface area contributed by atoms with Gasteiger partial charge in [-0.05, 0) is 11.6 Å². The minimum Gasteiger partial charge on any atom is -0.493 e. The van der Waals surface area contributed by atoms with Crippen LogP contribution in [-0.2, 0) is 6.54 Å². The van der Waals surface area contributed by atoms with Crippen LogP contribution in [-0.4, -0.2) is 25.9 Å².